The SMILES string of the molecule is CCOC(=O)C(Cc1ccc(C)o1)Nc1ncc(-c2ccccc2)nc1Cc1ccccc1. The fraction of sp³-hybridized carbons (Fsp3) is 0.222. The first kappa shape index (κ1) is 22.3. The zero-order chi connectivity index (χ0) is 23.0. The molecule has 4 rings (SSSR count). The van der Waals surface area contributed by atoms with Crippen LogP contribution in [0.5, 0.6) is 0 Å². The van der Waals surface area contributed by atoms with E-state index in [0.717, 1.165) is 28.3 Å². The lowest BCUT2D eigenvalue weighted by atomic mass is 10.1. The molecule has 1 N–H and O–H groups in total. The first-order valence-electron chi connectivity index (χ1n) is 11.1. The molecule has 1 unspecified atom stereocenters. The van der Waals surface area contributed by atoms with Crippen LogP contribution < -0.4 is 5.32 Å². The van der Waals surface area contributed by atoms with E-state index in [0.29, 0.717) is 31.0 Å². The number of aryl methyl sites for hydroxylation is 1. The van der Waals surface area contributed by atoms with Crippen molar-refractivity contribution in [1.82, 2.24) is 9.97 Å². The minimum Gasteiger partial charge on any atom is -0.466 e. The Morgan fingerprint density at radius 2 is 1.76 bits per heavy atom. The number of nitrogens with zero attached hydrogens (tertiary/aromatic N) is 2. The number of carbonyl (C=O) groups is 1. The topological polar surface area (TPSA) is 77.2 Å². The van der Waals surface area contributed by atoms with Gasteiger partial charge in [0.2, 0.25) is 0 Å². The third-order valence-electron chi connectivity index (χ3n) is 5.21. The van der Waals surface area contributed by atoms with Gasteiger partial charge >= 0.3 is 5.97 Å². The van der Waals surface area contributed by atoms with Crippen LogP contribution in [0.2, 0.25) is 0 Å². The summed E-state index contributed by atoms with van der Waals surface area (Å²) in [5, 5.41) is 3.28. The molecule has 0 aliphatic rings. The highest BCUT2D eigenvalue weighted by Gasteiger charge is 2.24. The van der Waals surface area contributed by atoms with E-state index < -0.39 is 6.04 Å². The first-order valence-corrected chi connectivity index (χ1v) is 11.1. The number of aromatic nitrogens is 2. The number of hydrogen-bond donors (Lipinski definition) is 1. The van der Waals surface area contributed by atoms with Crippen molar-refractivity contribution in [2.75, 3.05) is 11.9 Å². The maximum absolute atomic E-state index is 12.7. The van der Waals surface area contributed by atoms with Crippen molar-refractivity contribution < 1.29 is 13.9 Å². The summed E-state index contributed by atoms with van der Waals surface area (Å²) < 4.78 is 11.0. The van der Waals surface area contributed by atoms with Crippen LogP contribution in [0.3, 0.4) is 0 Å². The molecule has 2 aromatic heterocycles. The highest BCUT2D eigenvalue weighted by Crippen LogP contribution is 2.23. The third kappa shape index (κ3) is 5.86. The second-order valence-electron chi connectivity index (χ2n) is 7.74. The molecule has 0 fully saturated rings. The largest absolute Gasteiger partial charge is 0.466 e. The van der Waals surface area contributed by atoms with E-state index >= 15 is 0 Å². The van der Waals surface area contributed by atoms with Gasteiger partial charge in [0.05, 0.1) is 24.2 Å². The minimum atomic E-state index is -0.651. The molecule has 0 spiro atoms. The molecule has 0 saturated heterocycles. The van der Waals surface area contributed by atoms with Crippen LogP contribution in [0.4, 0.5) is 5.82 Å². The Hall–Kier alpha value is -3.93. The second kappa shape index (κ2) is 10.6. The van der Waals surface area contributed by atoms with Gasteiger partial charge in [0.1, 0.15) is 23.4 Å². The average Bonchev–Trinajstić information content (AvgIpc) is 3.25. The van der Waals surface area contributed by atoms with E-state index in [1.807, 2.05) is 67.6 Å². The van der Waals surface area contributed by atoms with Gasteiger partial charge in [-0.1, -0.05) is 60.7 Å². The van der Waals surface area contributed by atoms with E-state index in [4.69, 9.17) is 14.1 Å². The first-order chi connectivity index (χ1) is 16.1. The van der Waals surface area contributed by atoms with E-state index in [-0.39, 0.29) is 5.97 Å². The highest BCUT2D eigenvalue weighted by molar-refractivity contribution is 5.79. The molecule has 4 aromatic rings. The number of nitrogens with one attached hydrogen (secondary N) is 1. The molecule has 0 aliphatic heterocycles. The number of carbonyl (C=O) groups excluding carboxylic acids is 1. The van der Waals surface area contributed by atoms with Gasteiger partial charge in [0, 0.05) is 18.4 Å². The summed E-state index contributed by atoms with van der Waals surface area (Å²) in [6.07, 6.45) is 2.65. The van der Waals surface area contributed by atoms with Crippen molar-refractivity contribution in [3.8, 4) is 11.3 Å². The van der Waals surface area contributed by atoms with Gasteiger partial charge in [-0.15, -0.1) is 0 Å². The normalized spacial score (nSPS) is 11.7. The summed E-state index contributed by atoms with van der Waals surface area (Å²) in [5.74, 6) is 1.70. The fourth-order valence-electron chi connectivity index (χ4n) is 3.61. The summed E-state index contributed by atoms with van der Waals surface area (Å²) in [6, 6.07) is 23.1. The Morgan fingerprint density at radius 1 is 1.03 bits per heavy atom. The van der Waals surface area contributed by atoms with Gasteiger partial charge in [-0.25, -0.2) is 14.8 Å². The zero-order valence-electron chi connectivity index (χ0n) is 18.8. The maximum Gasteiger partial charge on any atom is 0.329 e. The quantitative estimate of drug-likeness (QED) is 0.359. The smallest absolute Gasteiger partial charge is 0.329 e. The summed E-state index contributed by atoms with van der Waals surface area (Å²) in [6.45, 7) is 3.97. The predicted octanol–water partition coefficient (Wildman–Crippen LogP) is 5.22. The molecule has 33 heavy (non-hydrogen) atoms. The predicted molar refractivity (Wildman–Crippen MR) is 128 cm³/mol. The lowest BCUT2D eigenvalue weighted by Crippen LogP contribution is -2.34. The van der Waals surface area contributed by atoms with E-state index in [1.54, 1.807) is 13.1 Å². The second-order valence-corrected chi connectivity index (χ2v) is 7.74. The van der Waals surface area contributed by atoms with Crippen LogP contribution in [-0.4, -0.2) is 28.6 Å². The number of hydrogen-bond acceptors (Lipinski definition) is 6. The molecule has 0 saturated carbocycles. The molecular weight excluding hydrogens is 414 g/mol. The van der Waals surface area contributed by atoms with Crippen LogP contribution in [0.15, 0.2) is 83.4 Å². The van der Waals surface area contributed by atoms with E-state index in [1.165, 1.54) is 0 Å². The standard InChI is InChI=1S/C27H27N3O3/c1-3-32-27(31)24(17-22-15-14-19(2)33-22)30-26-23(16-20-10-6-4-7-11-20)29-25(18-28-26)21-12-8-5-9-13-21/h4-15,18,24H,3,16-17H2,1-2H3,(H,28,30). The molecule has 2 heterocycles. The third-order valence-corrected chi connectivity index (χ3v) is 5.21. The van der Waals surface area contributed by atoms with Gasteiger partial charge in [-0.3, -0.25) is 0 Å². The molecule has 0 aliphatic carbocycles. The lowest BCUT2D eigenvalue weighted by molar-refractivity contribution is -0.144. The molecule has 2 aromatic carbocycles. The molecule has 0 bridgehead atoms. The van der Waals surface area contributed by atoms with E-state index in [2.05, 4.69) is 22.4 Å². The van der Waals surface area contributed by atoms with E-state index in [9.17, 15) is 4.79 Å². The van der Waals surface area contributed by atoms with Gasteiger partial charge in [0.15, 0.2) is 0 Å². The molecule has 0 amide bonds. The Balaban J connectivity index is 1.67. The number of benzene rings is 2. The van der Waals surface area contributed by atoms with Gasteiger partial charge in [-0.05, 0) is 31.5 Å². The Morgan fingerprint density at radius 3 is 2.42 bits per heavy atom. The fourth-order valence-corrected chi connectivity index (χ4v) is 3.61. The van der Waals surface area contributed by atoms with Crippen molar-refractivity contribution in [1.29, 1.82) is 0 Å². The van der Waals surface area contributed by atoms with Gasteiger partial charge < -0.3 is 14.5 Å². The van der Waals surface area contributed by atoms with Crippen molar-refractivity contribution in [3.63, 3.8) is 0 Å². The molecule has 168 valence electrons. The summed E-state index contributed by atoms with van der Waals surface area (Å²) >= 11 is 0. The molecule has 0 radical (unpaired) electrons. The molecule has 6 nitrogen and oxygen atoms in total. The average molecular weight is 442 g/mol. The number of ether oxygens (including phenoxy) is 1. The monoisotopic (exact) mass is 441 g/mol. The maximum atomic E-state index is 12.7. The van der Waals surface area contributed by atoms with Crippen LogP contribution in [0.25, 0.3) is 11.3 Å². The minimum absolute atomic E-state index is 0.295. The summed E-state index contributed by atoms with van der Waals surface area (Å²) in [4.78, 5) is 22.3. The van der Waals surface area contributed by atoms with Crippen LogP contribution in [0, 0.1) is 6.92 Å². The Bertz CT molecular complexity index is 1190. The zero-order valence-corrected chi connectivity index (χ0v) is 18.8. The number of esters is 1. The van der Waals surface area contributed by atoms with Crippen molar-refractivity contribution in [2.24, 2.45) is 0 Å². The van der Waals surface area contributed by atoms with Crippen molar-refractivity contribution in [3.05, 3.63) is 102 Å². The molecule has 1 atom stereocenters. The van der Waals surface area contributed by atoms with Gasteiger partial charge in [0.25, 0.3) is 0 Å². The lowest BCUT2D eigenvalue weighted by Gasteiger charge is -2.19. The van der Waals surface area contributed by atoms with Crippen LogP contribution >= 0.6 is 0 Å². The van der Waals surface area contributed by atoms with Crippen molar-refractivity contribution >= 4 is 11.8 Å². The summed E-state index contributed by atoms with van der Waals surface area (Å²) in [5.41, 5.74) is 3.63. The number of furan rings is 1. The van der Waals surface area contributed by atoms with Crippen molar-refractivity contribution in [2.45, 2.75) is 32.7 Å². The number of rotatable bonds is 9. The van der Waals surface area contributed by atoms with Crippen LogP contribution in [-0.2, 0) is 22.4 Å². The molecular formula is C27H27N3O3. The highest BCUT2D eigenvalue weighted by atomic mass is 16.5. The summed E-state index contributed by atoms with van der Waals surface area (Å²) in [7, 11) is 0. The van der Waals surface area contributed by atoms with Crippen LogP contribution in [0.1, 0.15) is 29.7 Å². The molecule has 6 heteroatoms. The number of anilines is 1. The Kier molecular flexibility index (Phi) is 7.15. The van der Waals surface area contributed by atoms with Gasteiger partial charge in [-0.2, -0.15) is 0 Å². The Labute approximate surface area is 193 Å².